The van der Waals surface area contributed by atoms with Crippen molar-refractivity contribution in [3.8, 4) is 11.9 Å². The van der Waals surface area contributed by atoms with Gasteiger partial charge < -0.3 is 15.4 Å². The Balaban J connectivity index is 1.96. The van der Waals surface area contributed by atoms with Gasteiger partial charge in [0.05, 0.1) is 13.2 Å². The van der Waals surface area contributed by atoms with Crippen LogP contribution in [0.4, 0.5) is 5.69 Å². The maximum Gasteiger partial charge on any atom is 0.271 e. The Hall–Kier alpha value is -3.47. The van der Waals surface area contributed by atoms with Crippen LogP contribution in [0.25, 0.3) is 0 Å². The van der Waals surface area contributed by atoms with Crippen molar-refractivity contribution in [3.63, 3.8) is 0 Å². The number of hydrogen-bond acceptors (Lipinski definition) is 6. The zero-order chi connectivity index (χ0) is 19.9. The largest absolute Gasteiger partial charge is 0.481 e. The molecule has 0 bridgehead atoms. The fourth-order valence-electron chi connectivity index (χ4n) is 2.21. The summed E-state index contributed by atoms with van der Waals surface area (Å²) in [6.45, 7) is 3.18. The molecular weight excluding hydrogens is 346 g/mol. The average molecular weight is 367 g/mol. The highest BCUT2D eigenvalue weighted by Gasteiger charge is 2.21. The number of hydrogen-bond donors (Lipinski definition) is 2. The van der Waals surface area contributed by atoms with E-state index in [0.717, 1.165) is 5.56 Å². The number of pyridine rings is 2. The number of aryl methyl sites for hydroxylation is 1. The zero-order valence-electron chi connectivity index (χ0n) is 15.4. The molecule has 0 aliphatic heterocycles. The van der Waals surface area contributed by atoms with Gasteiger partial charge in [0.15, 0.2) is 0 Å². The first-order chi connectivity index (χ1) is 12.8. The normalized spacial score (nSPS) is 10.6. The molecule has 140 valence electrons. The van der Waals surface area contributed by atoms with Crippen molar-refractivity contribution in [1.29, 1.82) is 5.26 Å². The summed E-state index contributed by atoms with van der Waals surface area (Å²) in [4.78, 5) is 32.4. The minimum absolute atomic E-state index is 0.120. The van der Waals surface area contributed by atoms with Crippen molar-refractivity contribution < 1.29 is 14.3 Å². The third kappa shape index (κ3) is 6.08. The van der Waals surface area contributed by atoms with Crippen molar-refractivity contribution in [2.24, 2.45) is 0 Å². The maximum absolute atomic E-state index is 12.2. The van der Waals surface area contributed by atoms with Gasteiger partial charge in [0, 0.05) is 30.6 Å². The predicted octanol–water partition coefficient (Wildman–Crippen LogP) is 2.09. The third-order valence-corrected chi connectivity index (χ3v) is 3.63. The number of anilines is 1. The Morgan fingerprint density at radius 3 is 2.67 bits per heavy atom. The summed E-state index contributed by atoms with van der Waals surface area (Å²) in [5.41, 5.74) is 0.506. The molecule has 2 aromatic heterocycles. The number of nitrogens with zero attached hydrogens (tertiary/aromatic N) is 3. The first-order valence-electron chi connectivity index (χ1n) is 8.31. The lowest BCUT2D eigenvalue weighted by molar-refractivity contribution is -0.116. The molecule has 8 nitrogen and oxygen atoms in total. The van der Waals surface area contributed by atoms with Crippen LogP contribution in [0.3, 0.4) is 0 Å². The first-order valence-corrected chi connectivity index (χ1v) is 8.31. The maximum atomic E-state index is 12.2. The van der Waals surface area contributed by atoms with Gasteiger partial charge >= 0.3 is 0 Å². The predicted molar refractivity (Wildman–Crippen MR) is 99.1 cm³/mol. The molecule has 0 aromatic carbocycles. The molecule has 8 heteroatoms. The van der Waals surface area contributed by atoms with E-state index in [1.807, 2.05) is 12.1 Å². The van der Waals surface area contributed by atoms with Gasteiger partial charge in [-0.3, -0.25) is 14.6 Å². The van der Waals surface area contributed by atoms with E-state index >= 15 is 0 Å². The molecule has 0 radical (unpaired) electrons. The second-order valence-corrected chi connectivity index (χ2v) is 6.38. The number of rotatable bonds is 7. The van der Waals surface area contributed by atoms with E-state index in [9.17, 15) is 9.59 Å². The second kappa shape index (κ2) is 8.76. The Morgan fingerprint density at radius 2 is 1.96 bits per heavy atom. The highest BCUT2D eigenvalue weighted by atomic mass is 16.5. The minimum atomic E-state index is -1.01. The molecule has 2 aromatic rings. The molecule has 2 rings (SSSR count). The number of nitriles is 1. The van der Waals surface area contributed by atoms with Crippen LogP contribution in [0.15, 0.2) is 36.7 Å². The van der Waals surface area contributed by atoms with E-state index in [0.29, 0.717) is 18.0 Å². The van der Waals surface area contributed by atoms with Crippen LogP contribution in [0.2, 0.25) is 0 Å². The fraction of sp³-hybridized carbons (Fsp3) is 0.316. The third-order valence-electron chi connectivity index (χ3n) is 3.63. The van der Waals surface area contributed by atoms with Crippen LogP contribution in [0, 0.1) is 11.3 Å². The van der Waals surface area contributed by atoms with Crippen LogP contribution < -0.4 is 15.4 Å². The smallest absolute Gasteiger partial charge is 0.271 e. The summed E-state index contributed by atoms with van der Waals surface area (Å²) in [5.74, 6) is -0.180. The molecule has 0 aliphatic carbocycles. The number of nitrogens with one attached hydrogen (secondary N) is 2. The molecule has 0 aliphatic rings. The van der Waals surface area contributed by atoms with E-state index in [-0.39, 0.29) is 18.0 Å². The molecule has 2 N–H and O–H groups in total. The lowest BCUT2D eigenvalue weighted by atomic mass is 10.1. The lowest BCUT2D eigenvalue weighted by Gasteiger charge is -2.17. The fourth-order valence-corrected chi connectivity index (χ4v) is 2.21. The molecule has 0 spiro atoms. The number of ether oxygens (including phenoxy) is 1. The Bertz CT molecular complexity index is 874. The van der Waals surface area contributed by atoms with E-state index in [4.69, 9.17) is 10.00 Å². The summed E-state index contributed by atoms with van der Waals surface area (Å²) in [7, 11) is 1.54. The van der Waals surface area contributed by atoms with Crippen molar-refractivity contribution in [2.45, 2.75) is 32.2 Å². The van der Waals surface area contributed by atoms with Gasteiger partial charge in [-0.05, 0) is 44.0 Å². The quantitative estimate of drug-likeness (QED) is 0.774. The van der Waals surface area contributed by atoms with Crippen molar-refractivity contribution >= 4 is 17.5 Å². The van der Waals surface area contributed by atoms with Crippen molar-refractivity contribution in [1.82, 2.24) is 15.3 Å². The highest BCUT2D eigenvalue weighted by Crippen LogP contribution is 2.13. The topological polar surface area (TPSA) is 117 Å². The number of methoxy groups -OCH3 is 1. The van der Waals surface area contributed by atoms with E-state index < -0.39 is 11.4 Å². The summed E-state index contributed by atoms with van der Waals surface area (Å²) >= 11 is 0. The minimum Gasteiger partial charge on any atom is -0.481 e. The summed E-state index contributed by atoms with van der Waals surface area (Å²) in [6.07, 6.45) is 3.85. The number of aromatic nitrogens is 2. The molecule has 0 fully saturated rings. The zero-order valence-corrected chi connectivity index (χ0v) is 15.4. The number of carbonyl (C=O) groups is 2. The second-order valence-electron chi connectivity index (χ2n) is 6.38. The van der Waals surface area contributed by atoms with Gasteiger partial charge in [-0.25, -0.2) is 4.98 Å². The SMILES string of the molecule is COc1cc(CCC(=O)Nc2ccnc(C(=O)NC(C)(C)C#N)c2)ccn1. The first kappa shape index (κ1) is 19.8. The Kier molecular flexibility index (Phi) is 6.44. The van der Waals surface area contributed by atoms with Gasteiger partial charge in [-0.15, -0.1) is 0 Å². The van der Waals surface area contributed by atoms with Crippen LogP contribution in [0.5, 0.6) is 5.88 Å². The Morgan fingerprint density at radius 1 is 1.22 bits per heavy atom. The number of carbonyl (C=O) groups excluding carboxylic acids is 2. The van der Waals surface area contributed by atoms with Crippen LogP contribution in [0.1, 0.15) is 36.3 Å². The van der Waals surface area contributed by atoms with Gasteiger partial charge in [-0.2, -0.15) is 5.26 Å². The molecule has 2 heterocycles. The summed E-state index contributed by atoms with van der Waals surface area (Å²) in [6, 6.07) is 8.65. The molecule has 2 amide bonds. The molecule has 0 saturated carbocycles. The average Bonchev–Trinajstić information content (AvgIpc) is 2.66. The van der Waals surface area contributed by atoms with Crippen molar-refractivity contribution in [2.75, 3.05) is 12.4 Å². The van der Waals surface area contributed by atoms with Crippen LogP contribution in [-0.2, 0) is 11.2 Å². The monoisotopic (exact) mass is 367 g/mol. The molecular formula is C19H21N5O3. The van der Waals surface area contributed by atoms with Gasteiger partial charge in [0.2, 0.25) is 11.8 Å². The Labute approximate surface area is 157 Å². The van der Waals surface area contributed by atoms with Crippen molar-refractivity contribution in [3.05, 3.63) is 47.9 Å². The standard InChI is InChI=1S/C19H21N5O3/c1-19(2,12-20)24-18(26)15-11-14(7-9-21-15)23-16(25)5-4-13-6-8-22-17(10-13)27-3/h6-11H,4-5H2,1-3H3,(H,24,26)(H,21,23,25). The van der Waals surface area contributed by atoms with Gasteiger partial charge in [0.25, 0.3) is 5.91 Å². The van der Waals surface area contributed by atoms with Gasteiger partial charge in [-0.1, -0.05) is 0 Å². The van der Waals surface area contributed by atoms with Gasteiger partial charge in [0.1, 0.15) is 11.2 Å². The van der Waals surface area contributed by atoms with E-state index in [1.165, 1.54) is 19.4 Å². The van der Waals surface area contributed by atoms with Crippen LogP contribution >= 0.6 is 0 Å². The molecule has 27 heavy (non-hydrogen) atoms. The molecule has 0 atom stereocenters. The summed E-state index contributed by atoms with van der Waals surface area (Å²) < 4.78 is 5.06. The molecule has 0 unspecified atom stereocenters. The molecule has 0 saturated heterocycles. The highest BCUT2D eigenvalue weighted by molar-refractivity contribution is 5.96. The van der Waals surface area contributed by atoms with E-state index in [1.54, 1.807) is 32.2 Å². The lowest BCUT2D eigenvalue weighted by Crippen LogP contribution is -2.42. The number of amides is 2. The summed E-state index contributed by atoms with van der Waals surface area (Å²) in [5, 5.41) is 14.3. The van der Waals surface area contributed by atoms with E-state index in [2.05, 4.69) is 20.6 Å². The van der Waals surface area contributed by atoms with Crippen LogP contribution in [-0.4, -0.2) is 34.4 Å².